The summed E-state index contributed by atoms with van der Waals surface area (Å²) in [6.45, 7) is 4.94. The van der Waals surface area contributed by atoms with Crippen LogP contribution in [0.4, 0.5) is 0 Å². The molecule has 0 fully saturated rings. The molecule has 0 bridgehead atoms. The number of hydrogen-bond acceptors (Lipinski definition) is 5. The zero-order valence-corrected chi connectivity index (χ0v) is 15.0. The Bertz CT molecular complexity index is 781. The largest absolute Gasteiger partial charge is 0.355 e. The van der Waals surface area contributed by atoms with E-state index in [4.69, 9.17) is 0 Å². The summed E-state index contributed by atoms with van der Waals surface area (Å²) in [5.41, 5.74) is 1.12. The average molecular weight is 351 g/mol. The highest BCUT2D eigenvalue weighted by molar-refractivity contribution is 7.99. The topological polar surface area (TPSA) is 74.8 Å². The number of thioether (sulfide) groups is 1. The Morgan fingerprint density at radius 2 is 2.35 bits per heavy atom. The predicted octanol–water partition coefficient (Wildman–Crippen LogP) is 2.73. The predicted molar refractivity (Wildman–Crippen MR) is 95.5 cm³/mol. The van der Waals surface area contributed by atoms with Crippen LogP contribution in [-0.2, 0) is 17.6 Å². The first-order chi connectivity index (χ1) is 11.1. The van der Waals surface area contributed by atoms with E-state index in [0.717, 1.165) is 35.9 Å². The number of nitrogens with one attached hydrogen (secondary N) is 2. The van der Waals surface area contributed by atoms with Crippen molar-refractivity contribution < 1.29 is 4.79 Å². The Labute approximate surface area is 143 Å². The average Bonchev–Trinajstić information content (AvgIpc) is 2.88. The summed E-state index contributed by atoms with van der Waals surface area (Å²) >= 11 is 2.92. The van der Waals surface area contributed by atoms with Crippen LogP contribution in [0.1, 0.15) is 37.1 Å². The van der Waals surface area contributed by atoms with Crippen LogP contribution in [0.25, 0.3) is 10.2 Å². The molecule has 1 aliphatic rings. The third-order valence-corrected chi connectivity index (χ3v) is 6.08. The lowest BCUT2D eigenvalue weighted by atomic mass is 9.89. The molecule has 2 N–H and O–H groups in total. The number of aromatic amines is 1. The number of carbonyl (C=O) groups excluding carboxylic acids is 1. The summed E-state index contributed by atoms with van der Waals surface area (Å²) in [5.74, 6) is 0.918. The molecular weight excluding hydrogens is 330 g/mol. The summed E-state index contributed by atoms with van der Waals surface area (Å²) in [4.78, 5) is 33.6. The van der Waals surface area contributed by atoms with E-state index in [1.54, 1.807) is 11.3 Å². The summed E-state index contributed by atoms with van der Waals surface area (Å²) < 4.78 is 0. The van der Waals surface area contributed by atoms with Crippen molar-refractivity contribution in [3.63, 3.8) is 0 Å². The number of aromatic nitrogens is 2. The zero-order chi connectivity index (χ0) is 16.4. The van der Waals surface area contributed by atoms with Crippen LogP contribution in [0.2, 0.25) is 0 Å². The van der Waals surface area contributed by atoms with Gasteiger partial charge in [-0.3, -0.25) is 9.59 Å². The summed E-state index contributed by atoms with van der Waals surface area (Å²) in [6, 6.07) is 0. The lowest BCUT2D eigenvalue weighted by Gasteiger charge is -2.17. The van der Waals surface area contributed by atoms with Gasteiger partial charge >= 0.3 is 0 Å². The lowest BCUT2D eigenvalue weighted by Crippen LogP contribution is -2.25. The third kappa shape index (κ3) is 3.61. The van der Waals surface area contributed by atoms with Crippen molar-refractivity contribution in [2.45, 2.75) is 44.7 Å². The highest BCUT2D eigenvalue weighted by Gasteiger charge is 2.23. The fraction of sp³-hybridized carbons (Fsp3) is 0.562. The van der Waals surface area contributed by atoms with Crippen LogP contribution in [0.15, 0.2) is 9.95 Å². The Morgan fingerprint density at radius 1 is 1.52 bits per heavy atom. The summed E-state index contributed by atoms with van der Waals surface area (Å²) in [5, 5.41) is 4.11. The summed E-state index contributed by atoms with van der Waals surface area (Å²) in [6.07, 6.45) is 4.05. The van der Waals surface area contributed by atoms with Crippen molar-refractivity contribution in [1.29, 1.82) is 0 Å². The second-order valence-electron chi connectivity index (χ2n) is 6.04. The van der Waals surface area contributed by atoms with Crippen molar-refractivity contribution in [3.05, 3.63) is 20.8 Å². The maximum Gasteiger partial charge on any atom is 0.260 e. The van der Waals surface area contributed by atoms with E-state index in [-0.39, 0.29) is 17.2 Å². The highest BCUT2D eigenvalue weighted by atomic mass is 32.2. The molecule has 1 amide bonds. The van der Waals surface area contributed by atoms with Gasteiger partial charge < -0.3 is 10.3 Å². The standard InChI is InChI=1S/C16H21N3O2S2/c1-3-6-17-12(20)8-22-16-18-14(21)13-10-5-4-9(2)7-11(10)23-15(13)19-16/h9H,3-8H2,1-2H3,(H,17,20)(H,18,19,21)/t9-/m1/s1. The van der Waals surface area contributed by atoms with E-state index in [1.165, 1.54) is 22.2 Å². The molecule has 1 atom stereocenters. The number of H-pyrrole nitrogens is 1. The van der Waals surface area contributed by atoms with Gasteiger partial charge in [-0.1, -0.05) is 25.6 Å². The molecule has 0 aromatic carbocycles. The second-order valence-corrected chi connectivity index (χ2v) is 8.09. The maximum absolute atomic E-state index is 12.4. The van der Waals surface area contributed by atoms with Gasteiger partial charge in [0, 0.05) is 11.4 Å². The normalized spacial score (nSPS) is 17.2. The van der Waals surface area contributed by atoms with Crippen molar-refractivity contribution in [2.24, 2.45) is 5.92 Å². The van der Waals surface area contributed by atoms with Gasteiger partial charge in [0.15, 0.2) is 5.16 Å². The molecule has 2 aromatic heterocycles. The molecule has 2 heterocycles. The van der Waals surface area contributed by atoms with E-state index in [0.29, 0.717) is 17.6 Å². The molecule has 0 saturated heterocycles. The van der Waals surface area contributed by atoms with E-state index in [9.17, 15) is 9.59 Å². The first-order valence-corrected chi connectivity index (χ1v) is 9.82. The molecule has 5 nitrogen and oxygen atoms in total. The molecule has 0 saturated carbocycles. The minimum atomic E-state index is -0.0708. The van der Waals surface area contributed by atoms with Gasteiger partial charge in [-0.2, -0.15) is 0 Å². The number of amides is 1. The Balaban J connectivity index is 1.81. The van der Waals surface area contributed by atoms with E-state index in [2.05, 4.69) is 22.2 Å². The molecule has 0 aliphatic heterocycles. The van der Waals surface area contributed by atoms with Gasteiger partial charge in [-0.25, -0.2) is 4.98 Å². The monoisotopic (exact) mass is 351 g/mol. The second kappa shape index (κ2) is 7.05. The van der Waals surface area contributed by atoms with Gasteiger partial charge in [0.2, 0.25) is 5.91 Å². The van der Waals surface area contributed by atoms with Gasteiger partial charge in [-0.15, -0.1) is 11.3 Å². The van der Waals surface area contributed by atoms with Crippen molar-refractivity contribution in [2.75, 3.05) is 12.3 Å². The SMILES string of the molecule is CCCNC(=O)CSc1nc2sc3c(c2c(=O)[nH]1)CC[C@@H](C)C3. The maximum atomic E-state index is 12.4. The van der Waals surface area contributed by atoms with Gasteiger partial charge in [0.05, 0.1) is 11.1 Å². The van der Waals surface area contributed by atoms with Crippen LogP contribution in [0, 0.1) is 5.92 Å². The molecule has 3 rings (SSSR count). The van der Waals surface area contributed by atoms with Gasteiger partial charge in [-0.05, 0) is 37.2 Å². The number of thiophene rings is 1. The first-order valence-electron chi connectivity index (χ1n) is 8.02. The number of hydrogen-bond donors (Lipinski definition) is 2. The molecule has 23 heavy (non-hydrogen) atoms. The number of carbonyl (C=O) groups is 1. The Hall–Kier alpha value is -1.34. The van der Waals surface area contributed by atoms with Crippen molar-refractivity contribution in [3.8, 4) is 0 Å². The third-order valence-electron chi connectivity index (χ3n) is 4.06. The zero-order valence-electron chi connectivity index (χ0n) is 13.4. The van der Waals surface area contributed by atoms with Crippen LogP contribution in [0.3, 0.4) is 0 Å². The van der Waals surface area contributed by atoms with Gasteiger partial charge in [0.1, 0.15) is 4.83 Å². The molecule has 0 radical (unpaired) electrons. The minimum absolute atomic E-state index is 0.0288. The highest BCUT2D eigenvalue weighted by Crippen LogP contribution is 2.36. The smallest absolute Gasteiger partial charge is 0.260 e. The molecule has 0 spiro atoms. The minimum Gasteiger partial charge on any atom is -0.355 e. The van der Waals surface area contributed by atoms with Gasteiger partial charge in [0.25, 0.3) is 5.56 Å². The first kappa shape index (κ1) is 16.5. The van der Waals surface area contributed by atoms with E-state index < -0.39 is 0 Å². The van der Waals surface area contributed by atoms with Crippen LogP contribution in [0.5, 0.6) is 0 Å². The van der Waals surface area contributed by atoms with Crippen molar-refractivity contribution in [1.82, 2.24) is 15.3 Å². The fourth-order valence-electron chi connectivity index (χ4n) is 2.85. The Kier molecular flexibility index (Phi) is 5.06. The number of fused-ring (bicyclic) bond motifs is 3. The fourth-order valence-corrected chi connectivity index (χ4v) is 4.98. The summed E-state index contributed by atoms with van der Waals surface area (Å²) in [7, 11) is 0. The van der Waals surface area contributed by atoms with Crippen LogP contribution < -0.4 is 10.9 Å². The number of nitrogens with zero attached hydrogens (tertiary/aromatic N) is 1. The Morgan fingerprint density at radius 3 is 3.13 bits per heavy atom. The van der Waals surface area contributed by atoms with Crippen LogP contribution in [-0.4, -0.2) is 28.2 Å². The number of aryl methyl sites for hydroxylation is 1. The van der Waals surface area contributed by atoms with Crippen LogP contribution >= 0.6 is 23.1 Å². The van der Waals surface area contributed by atoms with E-state index in [1.807, 2.05) is 6.92 Å². The number of rotatable bonds is 5. The molecular formula is C16H21N3O2S2. The molecule has 1 aliphatic carbocycles. The molecule has 124 valence electrons. The lowest BCUT2D eigenvalue weighted by molar-refractivity contribution is -0.118. The molecule has 2 aromatic rings. The van der Waals surface area contributed by atoms with E-state index >= 15 is 0 Å². The molecule has 0 unspecified atom stereocenters. The quantitative estimate of drug-likeness (QED) is 0.641. The molecule has 7 heteroatoms. The van der Waals surface area contributed by atoms with Crippen molar-refractivity contribution >= 4 is 39.2 Å².